The number of amides is 1. The van der Waals surface area contributed by atoms with Gasteiger partial charge < -0.3 is 10.1 Å². The molecule has 0 bridgehead atoms. The Morgan fingerprint density at radius 2 is 1.26 bits per heavy atom. The number of carbonyl (C=O) groups is 1. The number of hydrogen-bond acceptors (Lipinski definition) is 1. The smallest absolute Gasteiger partial charge is 0.0488 e. The summed E-state index contributed by atoms with van der Waals surface area (Å²) in [6.07, 6.45) is 0. The predicted octanol–water partition coefficient (Wildman–Crippen LogP) is 3.87. The molecule has 0 saturated heterocycles. The van der Waals surface area contributed by atoms with E-state index in [4.69, 9.17) is 0 Å². The first-order valence-electron chi connectivity index (χ1n) is 5.97. The molecule has 0 aliphatic rings. The minimum atomic E-state index is -0.617. The molecule has 0 fully saturated rings. The minimum Gasteiger partial charge on any atom is -0.641 e. The first kappa shape index (κ1) is 16.1. The van der Waals surface area contributed by atoms with Gasteiger partial charge in [0.25, 0.3) is 0 Å². The first-order valence-corrected chi connectivity index (χ1v) is 5.97. The van der Waals surface area contributed by atoms with Gasteiger partial charge in [0.05, 0.1) is 0 Å². The zero-order chi connectivity index (χ0) is 13.0. The number of nitrogens with zero attached hydrogens (tertiary/aromatic N) is 1. The number of hydrogen-bond donors (Lipinski definition) is 0. The van der Waals surface area contributed by atoms with E-state index in [9.17, 15) is 4.79 Å². The molecule has 95 valence electrons. The quantitative estimate of drug-likeness (QED) is 0.842. The van der Waals surface area contributed by atoms with Gasteiger partial charge in [0, 0.05) is 38.6 Å². The van der Waals surface area contributed by atoms with Crippen LogP contribution in [-0.2, 0) is 43.0 Å². The molecular weight excluding hydrogens is 311 g/mol. The van der Waals surface area contributed by atoms with Crippen LogP contribution < -0.4 is 0 Å². The molecule has 3 heteroatoms. The average Bonchev–Trinajstić information content (AvgIpc) is 2.40. The van der Waals surface area contributed by atoms with Crippen LogP contribution in [0.1, 0.15) is 25.0 Å². The molecule has 0 atom stereocenters. The van der Waals surface area contributed by atoms with Crippen molar-refractivity contribution in [3.63, 3.8) is 0 Å². The second-order valence-electron chi connectivity index (χ2n) is 4.44. The molecule has 0 spiro atoms. The summed E-state index contributed by atoms with van der Waals surface area (Å²) in [5, 5.41) is 4.31. The van der Waals surface area contributed by atoms with E-state index in [1.54, 1.807) is 0 Å². The third kappa shape index (κ3) is 3.74. The van der Waals surface area contributed by atoms with E-state index >= 15 is 0 Å². The van der Waals surface area contributed by atoms with E-state index in [0.717, 1.165) is 11.1 Å². The van der Waals surface area contributed by atoms with Crippen LogP contribution in [0.2, 0.25) is 0 Å². The molecule has 0 aromatic heterocycles. The first-order chi connectivity index (χ1) is 8.63. The van der Waals surface area contributed by atoms with E-state index in [1.165, 1.54) is 6.92 Å². The molecule has 0 heterocycles. The molecule has 19 heavy (non-hydrogen) atoms. The fourth-order valence-corrected chi connectivity index (χ4v) is 2.14. The summed E-state index contributed by atoms with van der Waals surface area (Å²) in [5.41, 5.74) is 1.42. The molecule has 0 unspecified atom stereocenters. The van der Waals surface area contributed by atoms with Gasteiger partial charge in [-0.3, -0.25) is 0 Å². The van der Waals surface area contributed by atoms with Crippen molar-refractivity contribution in [2.45, 2.75) is 19.4 Å². The van der Waals surface area contributed by atoms with Crippen LogP contribution in [0, 0.1) is 0 Å². The molecule has 1 radical (unpaired) electrons. The minimum absolute atomic E-state index is 0. The summed E-state index contributed by atoms with van der Waals surface area (Å²) in [6.45, 7) is 3.46. The van der Waals surface area contributed by atoms with E-state index in [0.29, 0.717) is 0 Å². The number of carbonyl (C=O) groups excluding carboxylic acids is 1. The third-order valence-electron chi connectivity index (χ3n) is 3.05. The van der Waals surface area contributed by atoms with Crippen molar-refractivity contribution in [1.82, 2.24) is 0 Å². The van der Waals surface area contributed by atoms with Gasteiger partial charge in [0.1, 0.15) is 0 Å². The second kappa shape index (κ2) is 6.97. The largest absolute Gasteiger partial charge is 0.641 e. The standard InChI is InChI=1S/C16H17NO.Y/c1-13(18)17-16(2,14-9-5-3-6-10-14)15-11-7-4-8-12-15;/h3-12H,1-2H3,(H,17,18);/p-1. The topological polar surface area (TPSA) is 31.2 Å². The second-order valence-corrected chi connectivity index (χ2v) is 4.44. The van der Waals surface area contributed by atoms with Gasteiger partial charge in [-0.2, -0.15) is 0 Å². The van der Waals surface area contributed by atoms with Crippen LogP contribution in [0.15, 0.2) is 60.7 Å². The van der Waals surface area contributed by atoms with Crippen molar-refractivity contribution in [2.24, 2.45) is 0 Å². The molecule has 2 aromatic carbocycles. The van der Waals surface area contributed by atoms with Crippen LogP contribution in [0.25, 0.3) is 5.32 Å². The summed E-state index contributed by atoms with van der Waals surface area (Å²) in [7, 11) is 0. The fraction of sp³-hybridized carbons (Fsp3) is 0.188. The van der Waals surface area contributed by atoms with Crippen molar-refractivity contribution in [3.8, 4) is 0 Å². The van der Waals surface area contributed by atoms with Crippen LogP contribution in [0.5, 0.6) is 0 Å². The van der Waals surface area contributed by atoms with Crippen molar-refractivity contribution >= 4 is 5.91 Å². The molecule has 1 amide bonds. The van der Waals surface area contributed by atoms with Gasteiger partial charge in [-0.05, 0) is 6.92 Å². The zero-order valence-corrected chi connectivity index (χ0v) is 14.0. The van der Waals surface area contributed by atoms with E-state index < -0.39 is 5.54 Å². The summed E-state index contributed by atoms with van der Waals surface area (Å²) in [6, 6.07) is 19.8. The van der Waals surface area contributed by atoms with Gasteiger partial charge in [0.15, 0.2) is 0 Å². The van der Waals surface area contributed by atoms with Gasteiger partial charge in [-0.1, -0.05) is 84.3 Å². The molecule has 2 rings (SSSR count). The zero-order valence-electron chi connectivity index (χ0n) is 11.2. The van der Waals surface area contributed by atoms with Gasteiger partial charge in [0.2, 0.25) is 0 Å². The number of rotatable bonds is 3. The summed E-state index contributed by atoms with van der Waals surface area (Å²) < 4.78 is 0. The Kier molecular flexibility index (Phi) is 5.90. The van der Waals surface area contributed by atoms with E-state index in [-0.39, 0.29) is 38.6 Å². The summed E-state index contributed by atoms with van der Waals surface area (Å²) in [5.74, 6) is -0.162. The third-order valence-corrected chi connectivity index (χ3v) is 3.05. The van der Waals surface area contributed by atoms with Crippen LogP contribution in [-0.4, -0.2) is 5.91 Å². The summed E-state index contributed by atoms with van der Waals surface area (Å²) >= 11 is 0. The van der Waals surface area contributed by atoms with E-state index in [1.807, 2.05) is 67.6 Å². The van der Waals surface area contributed by atoms with Crippen LogP contribution in [0.3, 0.4) is 0 Å². The molecule has 0 aliphatic heterocycles. The molecule has 0 aliphatic carbocycles. The fourth-order valence-electron chi connectivity index (χ4n) is 2.14. The molecule has 0 N–H and O–H groups in total. The van der Waals surface area contributed by atoms with Crippen molar-refractivity contribution in [3.05, 3.63) is 77.1 Å². The molecule has 0 saturated carbocycles. The monoisotopic (exact) mass is 327 g/mol. The number of benzene rings is 2. The molecule has 2 aromatic rings. The maximum atomic E-state index is 11.4. The Morgan fingerprint density at radius 1 is 0.895 bits per heavy atom. The van der Waals surface area contributed by atoms with E-state index in [2.05, 4.69) is 5.32 Å². The Balaban J connectivity index is 0.00000180. The van der Waals surface area contributed by atoms with Crippen LogP contribution in [0.4, 0.5) is 0 Å². The Morgan fingerprint density at radius 3 is 1.58 bits per heavy atom. The van der Waals surface area contributed by atoms with Crippen LogP contribution >= 0.6 is 0 Å². The summed E-state index contributed by atoms with van der Waals surface area (Å²) in [4.78, 5) is 11.4. The van der Waals surface area contributed by atoms with Gasteiger partial charge in [-0.25, -0.2) is 0 Å². The normalized spacial score (nSPS) is 10.4. The SMILES string of the molecule is CC(=O)[N-]C(C)(c1ccccc1)c1ccccc1.[Y]. The van der Waals surface area contributed by atoms with Gasteiger partial charge in [-0.15, -0.1) is 0 Å². The maximum Gasteiger partial charge on any atom is 0.0488 e. The van der Waals surface area contributed by atoms with Crippen molar-refractivity contribution in [2.75, 3.05) is 0 Å². The molecule has 2 nitrogen and oxygen atoms in total. The Hall–Kier alpha value is -0.986. The van der Waals surface area contributed by atoms with Gasteiger partial charge >= 0.3 is 0 Å². The Bertz CT molecular complexity index is 485. The predicted molar refractivity (Wildman–Crippen MR) is 73.4 cm³/mol. The average molecular weight is 327 g/mol. The van der Waals surface area contributed by atoms with Crippen molar-refractivity contribution in [1.29, 1.82) is 0 Å². The van der Waals surface area contributed by atoms with Crippen molar-refractivity contribution < 1.29 is 37.5 Å². The Labute approximate surface area is 139 Å². The maximum absolute atomic E-state index is 11.4. The molecular formula is C16H16NOY-.